The minimum absolute atomic E-state index is 0.154. The highest BCUT2D eigenvalue weighted by Gasteiger charge is 2.32. The van der Waals surface area contributed by atoms with Crippen molar-refractivity contribution in [2.45, 2.75) is 19.6 Å². The molecule has 3 aromatic carbocycles. The van der Waals surface area contributed by atoms with E-state index in [4.69, 9.17) is 15.0 Å². The Kier molecular flexibility index (Phi) is 6.62. The van der Waals surface area contributed by atoms with Gasteiger partial charge in [0.15, 0.2) is 5.17 Å². The van der Waals surface area contributed by atoms with Crippen molar-refractivity contribution in [2.24, 2.45) is 4.99 Å². The van der Waals surface area contributed by atoms with Gasteiger partial charge in [-0.15, -0.1) is 0 Å². The van der Waals surface area contributed by atoms with Crippen molar-refractivity contribution in [3.63, 3.8) is 0 Å². The number of hydrogen-bond donors (Lipinski definition) is 0. The first kappa shape index (κ1) is 22.4. The van der Waals surface area contributed by atoms with E-state index in [9.17, 15) is 4.79 Å². The predicted molar refractivity (Wildman–Crippen MR) is 134 cm³/mol. The third-order valence-corrected chi connectivity index (χ3v) is 6.17. The molecule has 1 aliphatic rings. The number of amidine groups is 1. The summed E-state index contributed by atoms with van der Waals surface area (Å²) in [4.78, 5) is 19.8. The number of aliphatic imine (C=N–C) groups is 1. The lowest BCUT2D eigenvalue weighted by atomic mass is 10.1. The van der Waals surface area contributed by atoms with Crippen LogP contribution in [0.3, 0.4) is 0 Å². The number of carbonyl (C=O) groups excluding carboxylic acids is 1. The van der Waals surface area contributed by atoms with Gasteiger partial charge in [0.25, 0.3) is 5.91 Å². The van der Waals surface area contributed by atoms with Gasteiger partial charge < -0.3 is 4.74 Å². The molecule has 0 bridgehead atoms. The SMILES string of the molecule is COc1ccc(C=C2N=C(SCc3ccc(C#N)cc3)N(c3cc(C)cc(C)c3)C2=O)cc1. The molecule has 6 heteroatoms. The highest BCUT2D eigenvalue weighted by Crippen LogP contribution is 2.32. The maximum absolute atomic E-state index is 13.4. The number of hydrogen-bond acceptors (Lipinski definition) is 5. The average molecular weight is 454 g/mol. The van der Waals surface area contributed by atoms with Crippen LogP contribution in [0, 0.1) is 25.2 Å². The van der Waals surface area contributed by atoms with Crippen molar-refractivity contribution >= 4 is 34.6 Å². The number of carbonyl (C=O) groups is 1. The number of nitrogens with zero attached hydrogens (tertiary/aromatic N) is 3. The monoisotopic (exact) mass is 453 g/mol. The molecule has 0 aliphatic carbocycles. The molecule has 164 valence electrons. The van der Waals surface area contributed by atoms with Gasteiger partial charge in [0.1, 0.15) is 11.4 Å². The Bertz CT molecular complexity index is 1270. The molecule has 0 saturated carbocycles. The van der Waals surface area contributed by atoms with Gasteiger partial charge >= 0.3 is 0 Å². The Morgan fingerprint density at radius 1 is 1.03 bits per heavy atom. The Balaban J connectivity index is 1.66. The average Bonchev–Trinajstić information content (AvgIpc) is 3.12. The summed E-state index contributed by atoms with van der Waals surface area (Å²) in [5.74, 6) is 1.24. The van der Waals surface area contributed by atoms with E-state index in [0.29, 0.717) is 22.2 Å². The third kappa shape index (κ3) is 5.16. The molecule has 0 radical (unpaired) electrons. The van der Waals surface area contributed by atoms with Crippen molar-refractivity contribution in [1.82, 2.24) is 0 Å². The lowest BCUT2D eigenvalue weighted by molar-refractivity contribution is -0.113. The fourth-order valence-corrected chi connectivity index (χ4v) is 4.55. The standard InChI is InChI=1S/C27H23N3O2S/c1-18-12-19(2)14-23(13-18)30-26(31)25(15-20-8-10-24(32-3)11-9-20)29-27(30)33-17-22-6-4-21(16-28)5-7-22/h4-15H,17H2,1-3H3. The fourth-order valence-electron chi connectivity index (χ4n) is 3.58. The zero-order valence-electron chi connectivity index (χ0n) is 18.7. The summed E-state index contributed by atoms with van der Waals surface area (Å²) in [6.07, 6.45) is 1.80. The van der Waals surface area contributed by atoms with Crippen LogP contribution in [0.5, 0.6) is 5.75 Å². The van der Waals surface area contributed by atoms with Gasteiger partial charge in [0, 0.05) is 5.75 Å². The highest BCUT2D eigenvalue weighted by molar-refractivity contribution is 8.13. The molecule has 4 rings (SSSR count). The minimum Gasteiger partial charge on any atom is -0.497 e. The molecule has 0 aromatic heterocycles. The maximum Gasteiger partial charge on any atom is 0.283 e. The molecule has 0 unspecified atom stereocenters. The molecule has 1 amide bonds. The van der Waals surface area contributed by atoms with Crippen LogP contribution in [0.2, 0.25) is 0 Å². The first-order valence-electron chi connectivity index (χ1n) is 10.5. The van der Waals surface area contributed by atoms with Crippen LogP contribution >= 0.6 is 11.8 Å². The van der Waals surface area contributed by atoms with Crippen LogP contribution < -0.4 is 9.64 Å². The van der Waals surface area contributed by atoms with E-state index in [-0.39, 0.29) is 5.91 Å². The number of nitriles is 1. The van der Waals surface area contributed by atoms with E-state index < -0.39 is 0 Å². The van der Waals surface area contributed by atoms with Crippen LogP contribution in [0.1, 0.15) is 27.8 Å². The minimum atomic E-state index is -0.154. The summed E-state index contributed by atoms with van der Waals surface area (Å²) in [6, 6.07) is 23.2. The summed E-state index contributed by atoms with van der Waals surface area (Å²) < 4.78 is 5.22. The zero-order valence-corrected chi connectivity index (χ0v) is 19.5. The highest BCUT2D eigenvalue weighted by atomic mass is 32.2. The molecular formula is C27H23N3O2S. The summed E-state index contributed by atoms with van der Waals surface area (Å²) in [5.41, 5.74) is 5.93. The first-order valence-corrected chi connectivity index (χ1v) is 11.4. The van der Waals surface area contributed by atoms with Gasteiger partial charge in [-0.2, -0.15) is 5.26 Å². The predicted octanol–water partition coefficient (Wildman–Crippen LogP) is 5.86. The van der Waals surface area contributed by atoms with E-state index in [1.807, 2.05) is 62.4 Å². The molecule has 0 atom stereocenters. The number of aryl methyl sites for hydroxylation is 2. The molecule has 1 aliphatic heterocycles. The molecule has 0 fully saturated rings. The third-order valence-electron chi connectivity index (χ3n) is 5.16. The van der Waals surface area contributed by atoms with Gasteiger partial charge in [0.05, 0.1) is 24.4 Å². The van der Waals surface area contributed by atoms with Gasteiger partial charge in [-0.3, -0.25) is 9.69 Å². The topological polar surface area (TPSA) is 65.7 Å². The summed E-state index contributed by atoms with van der Waals surface area (Å²) in [6.45, 7) is 4.04. The number of ether oxygens (including phenoxy) is 1. The van der Waals surface area contributed by atoms with Crippen LogP contribution in [0.15, 0.2) is 77.4 Å². The second kappa shape index (κ2) is 9.76. The second-order valence-electron chi connectivity index (χ2n) is 7.78. The van der Waals surface area contributed by atoms with Gasteiger partial charge in [0.2, 0.25) is 0 Å². The number of anilines is 1. The maximum atomic E-state index is 13.4. The van der Waals surface area contributed by atoms with Crippen LogP contribution in [0.25, 0.3) is 6.08 Å². The fraction of sp³-hybridized carbons (Fsp3) is 0.148. The normalized spacial score (nSPS) is 14.4. The quantitative estimate of drug-likeness (QED) is 0.454. The van der Waals surface area contributed by atoms with Crippen molar-refractivity contribution in [1.29, 1.82) is 5.26 Å². The van der Waals surface area contributed by atoms with Crippen molar-refractivity contribution in [3.05, 3.63) is 100 Å². The number of methoxy groups -OCH3 is 1. The van der Waals surface area contributed by atoms with E-state index >= 15 is 0 Å². The Hall–Kier alpha value is -3.82. The van der Waals surface area contributed by atoms with E-state index in [1.54, 1.807) is 30.2 Å². The second-order valence-corrected chi connectivity index (χ2v) is 8.72. The van der Waals surface area contributed by atoms with Crippen LogP contribution in [0.4, 0.5) is 5.69 Å². The Morgan fingerprint density at radius 3 is 2.30 bits per heavy atom. The lowest BCUT2D eigenvalue weighted by Crippen LogP contribution is -2.30. The molecule has 0 N–H and O–H groups in total. The molecule has 5 nitrogen and oxygen atoms in total. The number of amides is 1. The first-order chi connectivity index (χ1) is 16.0. The number of benzene rings is 3. The number of rotatable bonds is 5. The largest absolute Gasteiger partial charge is 0.497 e. The summed E-state index contributed by atoms with van der Waals surface area (Å²) >= 11 is 1.50. The molecule has 3 aromatic rings. The molecular weight excluding hydrogens is 430 g/mol. The molecule has 0 saturated heterocycles. The Labute approximate surface area is 198 Å². The summed E-state index contributed by atoms with van der Waals surface area (Å²) in [5, 5.41) is 9.65. The van der Waals surface area contributed by atoms with Crippen molar-refractivity contribution in [3.8, 4) is 11.8 Å². The lowest BCUT2D eigenvalue weighted by Gasteiger charge is -2.19. The van der Waals surface area contributed by atoms with E-state index in [1.165, 1.54) is 11.8 Å². The zero-order chi connectivity index (χ0) is 23.4. The Morgan fingerprint density at radius 2 is 1.70 bits per heavy atom. The van der Waals surface area contributed by atoms with Gasteiger partial charge in [-0.25, -0.2) is 4.99 Å². The molecule has 0 spiro atoms. The van der Waals surface area contributed by atoms with E-state index in [0.717, 1.165) is 33.7 Å². The smallest absolute Gasteiger partial charge is 0.283 e. The van der Waals surface area contributed by atoms with Gasteiger partial charge in [-0.05, 0) is 78.6 Å². The van der Waals surface area contributed by atoms with Crippen molar-refractivity contribution < 1.29 is 9.53 Å². The van der Waals surface area contributed by atoms with Crippen LogP contribution in [-0.2, 0) is 10.5 Å². The van der Waals surface area contributed by atoms with Gasteiger partial charge in [-0.1, -0.05) is 42.1 Å². The summed E-state index contributed by atoms with van der Waals surface area (Å²) in [7, 11) is 1.62. The van der Waals surface area contributed by atoms with E-state index in [2.05, 4.69) is 12.1 Å². The number of thioether (sulfide) groups is 1. The van der Waals surface area contributed by atoms with Crippen LogP contribution in [-0.4, -0.2) is 18.2 Å². The molecule has 1 heterocycles. The van der Waals surface area contributed by atoms with Crippen molar-refractivity contribution in [2.75, 3.05) is 12.0 Å². The molecule has 33 heavy (non-hydrogen) atoms.